The quantitative estimate of drug-likeness (QED) is 0.629. The first kappa shape index (κ1) is 7.44. The van der Waals surface area contributed by atoms with Gasteiger partial charge >= 0.3 is 0 Å². The summed E-state index contributed by atoms with van der Waals surface area (Å²) in [6, 6.07) is 0. The van der Waals surface area contributed by atoms with E-state index in [1.807, 2.05) is 0 Å². The van der Waals surface area contributed by atoms with E-state index in [0.29, 0.717) is 0 Å². The second-order valence-corrected chi connectivity index (χ2v) is 2.48. The van der Waals surface area contributed by atoms with Crippen LogP contribution < -0.4 is 11.2 Å². The highest BCUT2D eigenvalue weighted by Gasteiger charge is 2.03. The maximum atomic E-state index is 10.8. The molecule has 0 amide bonds. The predicted octanol–water partition coefficient (Wildman–Crippen LogP) is 1.26. The molecule has 0 saturated carbocycles. The number of pyridine rings is 1. The van der Waals surface area contributed by atoms with Gasteiger partial charge in [-0.1, -0.05) is 23.2 Å². The highest BCUT2D eigenvalue weighted by Crippen LogP contribution is 2.12. The van der Waals surface area contributed by atoms with Crippen molar-refractivity contribution in [3.05, 3.63) is 26.5 Å². The van der Waals surface area contributed by atoms with Crippen molar-refractivity contribution in [3.63, 3.8) is 0 Å². The number of aromatic amines is 1. The van der Waals surface area contributed by atoms with Gasteiger partial charge in [0.15, 0.2) is 0 Å². The summed E-state index contributed by atoms with van der Waals surface area (Å²) in [5.41, 5.74) is 4.80. The van der Waals surface area contributed by atoms with Crippen molar-refractivity contribution in [1.82, 2.24) is 4.98 Å². The van der Waals surface area contributed by atoms with Gasteiger partial charge in [0.05, 0.1) is 0 Å². The molecule has 0 bridgehead atoms. The summed E-state index contributed by atoms with van der Waals surface area (Å²) in [6.07, 6.45) is 1.30. The lowest BCUT2D eigenvalue weighted by molar-refractivity contribution is 1.31. The number of H-pyrrole nitrogens is 1. The summed E-state index contributed by atoms with van der Waals surface area (Å²) in [5, 5.41) is -0.0216. The third kappa shape index (κ3) is 1.10. The maximum absolute atomic E-state index is 10.8. The lowest BCUT2D eigenvalue weighted by Crippen LogP contribution is -2.06. The van der Waals surface area contributed by atoms with E-state index < -0.39 is 5.43 Å². The highest BCUT2D eigenvalue weighted by molar-refractivity contribution is 6.35. The average Bonchev–Trinajstić information content (AvgIpc) is 1.93. The van der Waals surface area contributed by atoms with Crippen LogP contribution in [0, 0.1) is 0 Å². The van der Waals surface area contributed by atoms with Crippen molar-refractivity contribution in [2.24, 2.45) is 0 Å². The number of nitrogen functional groups attached to an aromatic ring is 1. The molecule has 0 aliphatic heterocycles. The molecule has 0 unspecified atom stereocenters. The van der Waals surface area contributed by atoms with Crippen LogP contribution in [-0.4, -0.2) is 4.98 Å². The van der Waals surface area contributed by atoms with Crippen LogP contribution in [0.3, 0.4) is 0 Å². The standard InChI is InChI=1S/C5H4Cl2N2O/c6-2-1-9-5(8)3(7)4(2)10/h1H,(H3,8,9,10). The molecule has 1 heterocycles. The van der Waals surface area contributed by atoms with Gasteiger partial charge in [-0.2, -0.15) is 0 Å². The third-order valence-corrected chi connectivity index (χ3v) is 1.66. The Kier molecular flexibility index (Phi) is 1.87. The fourth-order valence-electron chi connectivity index (χ4n) is 0.497. The Labute approximate surface area is 66.8 Å². The van der Waals surface area contributed by atoms with E-state index in [1.54, 1.807) is 0 Å². The normalized spacial score (nSPS) is 9.80. The molecule has 3 N–H and O–H groups in total. The molecular weight excluding hydrogens is 175 g/mol. The smallest absolute Gasteiger partial charge is 0.220 e. The van der Waals surface area contributed by atoms with E-state index >= 15 is 0 Å². The summed E-state index contributed by atoms with van der Waals surface area (Å²) < 4.78 is 0. The molecule has 1 aromatic rings. The fourth-order valence-corrected chi connectivity index (χ4v) is 0.851. The van der Waals surface area contributed by atoms with Gasteiger partial charge in [-0.05, 0) is 0 Å². The molecule has 1 aromatic heterocycles. The molecular formula is C5H4Cl2N2O. The van der Waals surface area contributed by atoms with Crippen LogP contribution in [0.5, 0.6) is 0 Å². The Morgan fingerprint density at radius 2 is 2.10 bits per heavy atom. The average molecular weight is 179 g/mol. The lowest BCUT2D eigenvalue weighted by atomic mass is 10.4. The number of anilines is 1. The first-order valence-corrected chi connectivity index (χ1v) is 3.20. The molecule has 0 aliphatic carbocycles. The Hall–Kier alpha value is -0.670. The molecule has 10 heavy (non-hydrogen) atoms. The van der Waals surface area contributed by atoms with E-state index in [2.05, 4.69) is 4.98 Å². The largest absolute Gasteiger partial charge is 0.384 e. The number of nitrogens with two attached hydrogens (primary N) is 1. The van der Waals surface area contributed by atoms with Crippen molar-refractivity contribution in [2.45, 2.75) is 0 Å². The zero-order valence-corrected chi connectivity index (χ0v) is 6.33. The number of halogens is 2. The summed E-state index contributed by atoms with van der Waals surface area (Å²) in [6.45, 7) is 0. The summed E-state index contributed by atoms with van der Waals surface area (Å²) in [5.74, 6) is 0.135. The predicted molar refractivity (Wildman–Crippen MR) is 41.5 cm³/mol. The van der Waals surface area contributed by atoms with E-state index in [1.165, 1.54) is 6.20 Å². The fraction of sp³-hybridized carbons (Fsp3) is 0. The highest BCUT2D eigenvalue weighted by atomic mass is 35.5. The van der Waals surface area contributed by atoms with Gasteiger partial charge in [-0.3, -0.25) is 4.79 Å². The zero-order chi connectivity index (χ0) is 7.72. The van der Waals surface area contributed by atoms with Gasteiger partial charge in [0.1, 0.15) is 15.9 Å². The van der Waals surface area contributed by atoms with Crippen LogP contribution in [0.15, 0.2) is 11.0 Å². The van der Waals surface area contributed by atoms with Crippen LogP contribution in [0.4, 0.5) is 5.82 Å². The van der Waals surface area contributed by atoms with Gasteiger partial charge < -0.3 is 10.7 Å². The minimum absolute atomic E-state index is 0.0409. The Balaban J connectivity index is 3.50. The summed E-state index contributed by atoms with van der Waals surface area (Å²) in [7, 11) is 0. The molecule has 0 radical (unpaired) electrons. The van der Waals surface area contributed by atoms with Gasteiger partial charge in [-0.25, -0.2) is 0 Å². The van der Waals surface area contributed by atoms with Crippen LogP contribution in [-0.2, 0) is 0 Å². The maximum Gasteiger partial charge on any atom is 0.220 e. The van der Waals surface area contributed by atoms with Crippen molar-refractivity contribution in [3.8, 4) is 0 Å². The Morgan fingerprint density at radius 3 is 2.60 bits per heavy atom. The van der Waals surface area contributed by atoms with Crippen molar-refractivity contribution < 1.29 is 0 Å². The molecule has 0 fully saturated rings. The minimum atomic E-state index is -0.445. The molecule has 0 saturated heterocycles. The first-order chi connectivity index (χ1) is 4.63. The molecule has 1 rings (SSSR count). The second kappa shape index (κ2) is 2.52. The molecule has 5 heteroatoms. The van der Waals surface area contributed by atoms with E-state index in [-0.39, 0.29) is 15.9 Å². The number of nitrogens with one attached hydrogen (secondary N) is 1. The zero-order valence-electron chi connectivity index (χ0n) is 4.82. The van der Waals surface area contributed by atoms with E-state index in [4.69, 9.17) is 28.9 Å². The Morgan fingerprint density at radius 1 is 1.50 bits per heavy atom. The van der Waals surface area contributed by atoms with Crippen LogP contribution in [0.2, 0.25) is 10.0 Å². The van der Waals surface area contributed by atoms with Gasteiger partial charge in [0.25, 0.3) is 0 Å². The molecule has 0 spiro atoms. The second-order valence-electron chi connectivity index (χ2n) is 1.69. The SMILES string of the molecule is Nc1[nH]cc(Cl)c(=O)c1Cl. The van der Waals surface area contributed by atoms with E-state index in [0.717, 1.165) is 0 Å². The number of rotatable bonds is 0. The van der Waals surface area contributed by atoms with Crippen molar-refractivity contribution in [2.75, 3.05) is 5.73 Å². The Bertz CT molecular complexity index is 307. The third-order valence-electron chi connectivity index (χ3n) is 1.01. The van der Waals surface area contributed by atoms with Crippen LogP contribution >= 0.6 is 23.2 Å². The van der Waals surface area contributed by atoms with E-state index in [9.17, 15) is 4.79 Å². The van der Waals surface area contributed by atoms with Crippen molar-refractivity contribution >= 4 is 29.0 Å². The molecule has 3 nitrogen and oxygen atoms in total. The topological polar surface area (TPSA) is 58.9 Å². The van der Waals surface area contributed by atoms with Gasteiger partial charge in [0.2, 0.25) is 5.43 Å². The number of hydrogen-bond acceptors (Lipinski definition) is 2. The first-order valence-electron chi connectivity index (χ1n) is 2.45. The van der Waals surface area contributed by atoms with Crippen LogP contribution in [0.1, 0.15) is 0 Å². The number of hydrogen-bond donors (Lipinski definition) is 2. The molecule has 54 valence electrons. The summed E-state index contributed by atoms with van der Waals surface area (Å²) in [4.78, 5) is 13.3. The van der Waals surface area contributed by atoms with Crippen LogP contribution in [0.25, 0.3) is 0 Å². The van der Waals surface area contributed by atoms with Crippen molar-refractivity contribution in [1.29, 1.82) is 0 Å². The molecule has 0 atom stereocenters. The summed E-state index contributed by atoms with van der Waals surface area (Å²) >= 11 is 10.8. The van der Waals surface area contributed by atoms with Gasteiger partial charge in [-0.15, -0.1) is 0 Å². The minimum Gasteiger partial charge on any atom is -0.384 e. The monoisotopic (exact) mass is 178 g/mol. The van der Waals surface area contributed by atoms with Gasteiger partial charge in [0, 0.05) is 6.20 Å². The number of aromatic nitrogens is 1. The molecule has 0 aromatic carbocycles. The lowest BCUT2D eigenvalue weighted by Gasteiger charge is -1.95. The molecule has 0 aliphatic rings.